The highest BCUT2D eigenvalue weighted by molar-refractivity contribution is 7.10. The molecular formula is C27H23N3OS. The molecule has 0 aliphatic carbocycles. The maximum atomic E-state index is 11.3. The molecule has 0 saturated heterocycles. The minimum Gasteiger partial charge on any atom is -0.493 e. The Morgan fingerprint density at radius 2 is 1.59 bits per heavy atom. The molecule has 158 valence electrons. The summed E-state index contributed by atoms with van der Waals surface area (Å²) in [6.45, 7) is 4.09. The van der Waals surface area contributed by atoms with E-state index in [0.29, 0.717) is 0 Å². The molecule has 0 fully saturated rings. The van der Waals surface area contributed by atoms with E-state index < -0.39 is 0 Å². The van der Waals surface area contributed by atoms with Gasteiger partial charge in [-0.15, -0.1) is 0 Å². The number of aromatic hydroxyl groups is 1. The first-order valence-electron chi connectivity index (χ1n) is 10.6. The van der Waals surface area contributed by atoms with Crippen LogP contribution in [0, 0.1) is 0 Å². The molecule has 4 aromatic rings. The molecule has 1 aliphatic heterocycles. The molecule has 0 radical (unpaired) electrons. The van der Waals surface area contributed by atoms with Gasteiger partial charge in [0.2, 0.25) is 5.88 Å². The number of fused-ring (bicyclic) bond motifs is 1. The number of hydrogen-bond acceptors (Lipinski definition) is 4. The van der Waals surface area contributed by atoms with Crippen LogP contribution in [0.1, 0.15) is 35.9 Å². The number of para-hydroxylation sites is 2. The van der Waals surface area contributed by atoms with Gasteiger partial charge in [-0.05, 0) is 43.7 Å². The van der Waals surface area contributed by atoms with Crippen molar-refractivity contribution in [2.75, 3.05) is 0 Å². The fourth-order valence-electron chi connectivity index (χ4n) is 3.96. The molecule has 2 heterocycles. The Morgan fingerprint density at radius 1 is 0.938 bits per heavy atom. The Kier molecular flexibility index (Phi) is 5.33. The van der Waals surface area contributed by atoms with Crippen molar-refractivity contribution in [2.24, 2.45) is 9.98 Å². The van der Waals surface area contributed by atoms with Gasteiger partial charge >= 0.3 is 0 Å². The van der Waals surface area contributed by atoms with Gasteiger partial charge in [0, 0.05) is 16.8 Å². The summed E-state index contributed by atoms with van der Waals surface area (Å²) in [5.41, 5.74) is 5.99. The molecule has 1 aromatic heterocycles. The summed E-state index contributed by atoms with van der Waals surface area (Å²) in [5, 5.41) is 11.3. The summed E-state index contributed by atoms with van der Waals surface area (Å²) in [6, 6.07) is 28.0. The monoisotopic (exact) mass is 437 g/mol. The smallest absolute Gasteiger partial charge is 0.211 e. The van der Waals surface area contributed by atoms with Gasteiger partial charge in [0.05, 0.1) is 22.3 Å². The zero-order valence-corrected chi connectivity index (χ0v) is 18.8. The maximum absolute atomic E-state index is 11.3. The Morgan fingerprint density at radius 3 is 2.34 bits per heavy atom. The fraction of sp³-hybridized carbons (Fsp3) is 0.111. The summed E-state index contributed by atoms with van der Waals surface area (Å²) in [4.78, 5) is 11.1. The lowest BCUT2D eigenvalue weighted by Gasteiger charge is -2.15. The summed E-state index contributed by atoms with van der Waals surface area (Å²) in [7, 11) is 0. The normalized spacial score (nSPS) is 15.6. The summed E-state index contributed by atoms with van der Waals surface area (Å²) in [6.07, 6.45) is 2.03. The van der Waals surface area contributed by atoms with Crippen LogP contribution in [0.4, 0.5) is 11.4 Å². The van der Waals surface area contributed by atoms with Crippen molar-refractivity contribution in [3.63, 3.8) is 0 Å². The topological polar surface area (TPSA) is 49.9 Å². The molecule has 1 atom stereocenters. The van der Waals surface area contributed by atoms with Crippen LogP contribution < -0.4 is 4.80 Å². The van der Waals surface area contributed by atoms with Crippen molar-refractivity contribution in [2.45, 2.75) is 19.9 Å². The molecule has 4 nitrogen and oxygen atoms in total. The summed E-state index contributed by atoms with van der Waals surface area (Å²) < 4.78 is 1.91. The number of rotatable bonds is 4. The lowest BCUT2D eigenvalue weighted by molar-refractivity contribution is 0.400. The Bertz CT molecular complexity index is 1400. The highest BCUT2D eigenvalue weighted by atomic mass is 32.1. The highest BCUT2D eigenvalue weighted by Gasteiger charge is 2.21. The van der Waals surface area contributed by atoms with Crippen molar-refractivity contribution in [3.05, 3.63) is 106 Å². The van der Waals surface area contributed by atoms with E-state index in [-0.39, 0.29) is 11.9 Å². The van der Waals surface area contributed by atoms with Gasteiger partial charge in [0.15, 0.2) is 4.80 Å². The number of hydrogen-bond donors (Lipinski definition) is 1. The molecule has 1 aliphatic rings. The van der Waals surface area contributed by atoms with E-state index in [1.807, 2.05) is 84.3 Å². The molecule has 1 N–H and O–H groups in total. The number of thiazole rings is 1. The molecule has 5 heteroatoms. The highest BCUT2D eigenvalue weighted by Crippen LogP contribution is 2.38. The van der Waals surface area contributed by atoms with Crippen LogP contribution in [0.3, 0.4) is 0 Å². The third-order valence-corrected chi connectivity index (χ3v) is 6.64. The average molecular weight is 438 g/mol. The van der Waals surface area contributed by atoms with Gasteiger partial charge < -0.3 is 5.11 Å². The zero-order chi connectivity index (χ0) is 22.1. The predicted molar refractivity (Wildman–Crippen MR) is 133 cm³/mol. The number of nitrogens with zero attached hydrogens (tertiary/aromatic N) is 3. The number of benzene rings is 3. The number of aliphatic imine (C=N–C) groups is 1. The number of aromatic nitrogens is 1. The minimum absolute atomic E-state index is 0.0762. The van der Waals surface area contributed by atoms with Crippen LogP contribution in [-0.2, 0) is 0 Å². The van der Waals surface area contributed by atoms with Crippen LogP contribution >= 0.6 is 11.3 Å². The van der Waals surface area contributed by atoms with Gasteiger partial charge in [-0.3, -0.25) is 9.56 Å². The van der Waals surface area contributed by atoms with Crippen molar-refractivity contribution in [1.82, 2.24) is 4.57 Å². The van der Waals surface area contributed by atoms with Crippen LogP contribution in [0.25, 0.3) is 11.6 Å². The lowest BCUT2D eigenvalue weighted by Crippen LogP contribution is -2.19. The van der Waals surface area contributed by atoms with Crippen LogP contribution in [-0.4, -0.2) is 15.4 Å². The van der Waals surface area contributed by atoms with Gasteiger partial charge in [-0.1, -0.05) is 78.1 Å². The molecule has 0 amide bonds. The largest absolute Gasteiger partial charge is 0.493 e. The second-order valence-corrected chi connectivity index (χ2v) is 8.76. The summed E-state index contributed by atoms with van der Waals surface area (Å²) >= 11 is 1.48. The van der Waals surface area contributed by atoms with E-state index in [1.54, 1.807) is 0 Å². The third kappa shape index (κ3) is 3.72. The first-order chi connectivity index (χ1) is 15.6. The fourth-order valence-corrected chi connectivity index (χ4v) is 5.02. The minimum atomic E-state index is -0.0762. The third-order valence-electron chi connectivity index (χ3n) is 5.65. The SMILES string of the molecule is CC1=Nc2ccccc2C1=Cc1sc(=Nc2ccccc2)n([C@H](C)c2ccccc2)c1O. The van der Waals surface area contributed by atoms with E-state index in [1.165, 1.54) is 11.3 Å². The van der Waals surface area contributed by atoms with Gasteiger partial charge in [-0.25, -0.2) is 4.99 Å². The molecule has 32 heavy (non-hydrogen) atoms. The standard InChI is InChI=1S/C27H23N3OS/c1-18-23(22-15-9-10-16-24(22)28-18)17-25-26(31)30(19(2)20-11-5-3-6-12-20)27(32-25)29-21-13-7-4-8-14-21/h3-17,19,31H,1-2H3/t19-/m1/s1. The van der Waals surface area contributed by atoms with Crippen LogP contribution in [0.15, 0.2) is 94.9 Å². The molecule has 5 rings (SSSR count). The van der Waals surface area contributed by atoms with E-state index in [4.69, 9.17) is 4.99 Å². The molecule has 0 spiro atoms. The van der Waals surface area contributed by atoms with Gasteiger partial charge in [0.25, 0.3) is 0 Å². The van der Waals surface area contributed by atoms with Crippen LogP contribution in [0.5, 0.6) is 5.88 Å². The second-order valence-electron chi connectivity index (χ2n) is 7.75. The van der Waals surface area contributed by atoms with E-state index >= 15 is 0 Å². The van der Waals surface area contributed by atoms with Crippen LogP contribution in [0.2, 0.25) is 0 Å². The average Bonchev–Trinajstić information content (AvgIpc) is 3.30. The predicted octanol–water partition coefficient (Wildman–Crippen LogP) is 6.74. The van der Waals surface area contributed by atoms with Gasteiger partial charge in [-0.2, -0.15) is 0 Å². The molecule has 0 bridgehead atoms. The summed E-state index contributed by atoms with van der Waals surface area (Å²) in [5.74, 6) is 0.214. The van der Waals surface area contributed by atoms with E-state index in [2.05, 4.69) is 30.1 Å². The molecular weight excluding hydrogens is 414 g/mol. The molecule has 3 aromatic carbocycles. The van der Waals surface area contributed by atoms with Crippen molar-refractivity contribution in [1.29, 1.82) is 0 Å². The Hall–Kier alpha value is -3.70. The first-order valence-corrected chi connectivity index (χ1v) is 11.4. The number of allylic oxidation sites excluding steroid dienone is 1. The Balaban J connectivity index is 1.69. The van der Waals surface area contributed by atoms with E-state index in [0.717, 1.165) is 43.5 Å². The molecule has 0 saturated carbocycles. The first kappa shape index (κ1) is 20.2. The Labute approximate surface area is 191 Å². The van der Waals surface area contributed by atoms with E-state index in [9.17, 15) is 5.11 Å². The van der Waals surface area contributed by atoms with Crippen molar-refractivity contribution < 1.29 is 5.11 Å². The quantitative estimate of drug-likeness (QED) is 0.377. The lowest BCUT2D eigenvalue weighted by atomic mass is 10.0. The zero-order valence-electron chi connectivity index (χ0n) is 17.9. The van der Waals surface area contributed by atoms with Crippen molar-refractivity contribution in [3.8, 4) is 5.88 Å². The van der Waals surface area contributed by atoms with Crippen molar-refractivity contribution >= 4 is 40.1 Å². The maximum Gasteiger partial charge on any atom is 0.211 e. The second kappa shape index (κ2) is 8.44. The van der Waals surface area contributed by atoms with Gasteiger partial charge in [0.1, 0.15) is 0 Å². The molecule has 0 unspecified atom stereocenters.